The van der Waals surface area contributed by atoms with Crippen molar-refractivity contribution in [1.29, 1.82) is 0 Å². The Morgan fingerprint density at radius 2 is 1.92 bits per heavy atom. The molecule has 0 aromatic carbocycles. The van der Waals surface area contributed by atoms with Crippen molar-refractivity contribution in [1.82, 2.24) is 20.0 Å². The van der Waals surface area contributed by atoms with Crippen LogP contribution in [0.4, 0.5) is 0 Å². The number of amides is 1. The summed E-state index contributed by atoms with van der Waals surface area (Å²) in [6.07, 6.45) is 3.93. The van der Waals surface area contributed by atoms with Gasteiger partial charge in [-0.25, -0.2) is 9.78 Å². The van der Waals surface area contributed by atoms with Crippen LogP contribution in [0.25, 0.3) is 0 Å². The van der Waals surface area contributed by atoms with Crippen LogP contribution in [0.3, 0.4) is 0 Å². The van der Waals surface area contributed by atoms with Crippen LogP contribution < -0.4 is 0 Å². The smallest absolute Gasteiger partial charge is 0.354 e. The fourth-order valence-corrected chi connectivity index (χ4v) is 3.12. The van der Waals surface area contributed by atoms with E-state index >= 15 is 0 Å². The number of hydrogen-bond acceptors (Lipinski definition) is 6. The molecule has 0 bridgehead atoms. The van der Waals surface area contributed by atoms with Crippen molar-refractivity contribution in [3.05, 3.63) is 41.3 Å². The normalized spacial score (nSPS) is 20.5. The highest BCUT2D eigenvalue weighted by Crippen LogP contribution is 2.39. The van der Waals surface area contributed by atoms with Gasteiger partial charge in [-0.3, -0.25) is 4.79 Å². The van der Waals surface area contributed by atoms with Crippen LogP contribution in [0, 0.1) is 0 Å². The number of carbonyl (C=O) groups is 2. The van der Waals surface area contributed by atoms with E-state index in [0.29, 0.717) is 30.7 Å². The molecule has 1 N–H and O–H groups in total. The zero-order valence-corrected chi connectivity index (χ0v) is 13.6. The van der Waals surface area contributed by atoms with E-state index in [0.717, 1.165) is 25.7 Å². The molecule has 2 aromatic rings. The van der Waals surface area contributed by atoms with E-state index in [2.05, 4.69) is 15.1 Å². The van der Waals surface area contributed by atoms with Crippen molar-refractivity contribution in [2.45, 2.75) is 37.5 Å². The van der Waals surface area contributed by atoms with Gasteiger partial charge in [-0.2, -0.15) is 4.98 Å². The first-order valence-corrected chi connectivity index (χ1v) is 8.45. The van der Waals surface area contributed by atoms with Crippen LogP contribution in [0.15, 0.2) is 22.7 Å². The Kier molecular flexibility index (Phi) is 3.95. The van der Waals surface area contributed by atoms with Gasteiger partial charge in [0.2, 0.25) is 5.89 Å². The van der Waals surface area contributed by atoms with E-state index in [1.807, 2.05) is 0 Å². The molecular formula is C17H18N4O4. The summed E-state index contributed by atoms with van der Waals surface area (Å²) in [5.74, 6) is 0.396. The minimum absolute atomic E-state index is 0.0385. The molecule has 4 rings (SSSR count). The zero-order valence-electron chi connectivity index (χ0n) is 13.6. The SMILES string of the molecule is O=C(O)c1cccc(C(=O)N2CCC[C@H](c3noc(C4CC4)n3)C2)n1. The van der Waals surface area contributed by atoms with Gasteiger partial charge in [0.25, 0.3) is 5.91 Å². The molecule has 0 spiro atoms. The van der Waals surface area contributed by atoms with Gasteiger partial charge in [0.05, 0.1) is 0 Å². The van der Waals surface area contributed by atoms with Crippen molar-refractivity contribution < 1.29 is 19.2 Å². The predicted octanol–water partition coefficient (Wildman–Crippen LogP) is 2.06. The lowest BCUT2D eigenvalue weighted by molar-refractivity contribution is 0.0686. The van der Waals surface area contributed by atoms with Crippen LogP contribution in [0.1, 0.15) is 70.2 Å². The number of pyridine rings is 1. The quantitative estimate of drug-likeness (QED) is 0.905. The standard InChI is InChI=1S/C17H18N4O4/c22-16(12-4-1-5-13(18-12)17(23)24)21-8-2-3-11(9-21)14-19-15(25-20-14)10-6-7-10/h1,4-5,10-11H,2-3,6-9H2,(H,23,24)/t11-/m0/s1. The topological polar surface area (TPSA) is 109 Å². The lowest BCUT2D eigenvalue weighted by atomic mass is 9.97. The van der Waals surface area contributed by atoms with Gasteiger partial charge in [-0.15, -0.1) is 0 Å². The van der Waals surface area contributed by atoms with Crippen molar-refractivity contribution >= 4 is 11.9 Å². The summed E-state index contributed by atoms with van der Waals surface area (Å²) < 4.78 is 5.32. The van der Waals surface area contributed by atoms with Gasteiger partial charge in [0.15, 0.2) is 5.82 Å². The van der Waals surface area contributed by atoms with E-state index in [1.165, 1.54) is 18.2 Å². The summed E-state index contributed by atoms with van der Waals surface area (Å²) in [7, 11) is 0. The largest absolute Gasteiger partial charge is 0.477 e. The first-order chi connectivity index (χ1) is 12.1. The van der Waals surface area contributed by atoms with E-state index in [9.17, 15) is 9.59 Å². The third-order valence-electron chi connectivity index (χ3n) is 4.65. The van der Waals surface area contributed by atoms with Crippen LogP contribution in [-0.4, -0.2) is 50.1 Å². The first-order valence-electron chi connectivity index (χ1n) is 8.45. The van der Waals surface area contributed by atoms with E-state index < -0.39 is 5.97 Å². The average molecular weight is 342 g/mol. The van der Waals surface area contributed by atoms with Gasteiger partial charge in [-0.05, 0) is 37.8 Å². The molecule has 1 atom stereocenters. The van der Waals surface area contributed by atoms with Crippen LogP contribution in [-0.2, 0) is 0 Å². The second-order valence-corrected chi connectivity index (χ2v) is 6.57. The number of nitrogens with zero attached hydrogens (tertiary/aromatic N) is 4. The second kappa shape index (κ2) is 6.27. The van der Waals surface area contributed by atoms with Gasteiger partial charge in [0, 0.05) is 24.9 Å². The number of hydrogen-bond donors (Lipinski definition) is 1. The lowest BCUT2D eigenvalue weighted by Crippen LogP contribution is -2.39. The monoisotopic (exact) mass is 342 g/mol. The molecule has 2 aromatic heterocycles. The van der Waals surface area contributed by atoms with Gasteiger partial charge < -0.3 is 14.5 Å². The van der Waals surface area contributed by atoms with Crippen molar-refractivity contribution in [3.63, 3.8) is 0 Å². The van der Waals surface area contributed by atoms with Gasteiger partial charge in [0.1, 0.15) is 11.4 Å². The molecule has 1 aliphatic heterocycles. The maximum Gasteiger partial charge on any atom is 0.354 e. The fourth-order valence-electron chi connectivity index (χ4n) is 3.12. The maximum absolute atomic E-state index is 12.7. The van der Waals surface area contributed by atoms with E-state index in [4.69, 9.17) is 9.63 Å². The number of carboxylic acids is 1. The Morgan fingerprint density at radius 1 is 1.12 bits per heavy atom. The Bertz CT molecular complexity index is 814. The third-order valence-corrected chi connectivity index (χ3v) is 4.65. The Balaban J connectivity index is 1.49. The fraction of sp³-hybridized carbons (Fsp3) is 0.471. The van der Waals surface area contributed by atoms with Crippen LogP contribution >= 0.6 is 0 Å². The first kappa shape index (κ1) is 15.7. The van der Waals surface area contributed by atoms with Crippen molar-refractivity contribution in [2.75, 3.05) is 13.1 Å². The number of aromatic nitrogens is 3. The van der Waals surface area contributed by atoms with Crippen molar-refractivity contribution in [3.8, 4) is 0 Å². The number of carbonyl (C=O) groups excluding carboxylic acids is 1. The molecule has 1 aliphatic carbocycles. The molecule has 2 fully saturated rings. The van der Waals surface area contributed by atoms with E-state index in [-0.39, 0.29) is 23.2 Å². The van der Waals surface area contributed by atoms with E-state index in [1.54, 1.807) is 4.90 Å². The predicted molar refractivity (Wildman–Crippen MR) is 85.3 cm³/mol. The molecule has 1 amide bonds. The highest BCUT2D eigenvalue weighted by Gasteiger charge is 2.33. The lowest BCUT2D eigenvalue weighted by Gasteiger charge is -2.31. The number of rotatable bonds is 4. The summed E-state index contributed by atoms with van der Waals surface area (Å²) in [5.41, 5.74) is 0.0129. The molecule has 8 heteroatoms. The maximum atomic E-state index is 12.7. The second-order valence-electron chi connectivity index (χ2n) is 6.57. The molecule has 0 unspecified atom stereocenters. The van der Waals surface area contributed by atoms with Gasteiger partial charge in [-0.1, -0.05) is 11.2 Å². The Morgan fingerprint density at radius 3 is 2.68 bits per heavy atom. The Hall–Kier alpha value is -2.77. The molecule has 2 aliphatic rings. The molecule has 8 nitrogen and oxygen atoms in total. The van der Waals surface area contributed by atoms with Gasteiger partial charge >= 0.3 is 5.97 Å². The highest BCUT2D eigenvalue weighted by atomic mass is 16.5. The molecule has 130 valence electrons. The number of piperidine rings is 1. The highest BCUT2D eigenvalue weighted by molar-refractivity contribution is 5.94. The summed E-state index contributed by atoms with van der Waals surface area (Å²) in [6.45, 7) is 1.10. The molecule has 1 saturated heterocycles. The number of carboxylic acid groups (broad SMARTS) is 1. The molecule has 3 heterocycles. The summed E-state index contributed by atoms with van der Waals surface area (Å²) >= 11 is 0. The minimum Gasteiger partial charge on any atom is -0.477 e. The molecule has 1 saturated carbocycles. The molecular weight excluding hydrogens is 324 g/mol. The van der Waals surface area contributed by atoms with Crippen molar-refractivity contribution in [2.24, 2.45) is 0 Å². The molecule has 25 heavy (non-hydrogen) atoms. The third kappa shape index (κ3) is 3.24. The summed E-state index contributed by atoms with van der Waals surface area (Å²) in [5, 5.41) is 13.1. The summed E-state index contributed by atoms with van der Waals surface area (Å²) in [6, 6.07) is 4.45. The average Bonchev–Trinajstić information content (AvgIpc) is 3.38. The van der Waals surface area contributed by atoms with Crippen LogP contribution in [0.5, 0.6) is 0 Å². The molecule has 0 radical (unpaired) electrons. The zero-order chi connectivity index (χ0) is 17.4. The number of likely N-dealkylation sites (tertiary alicyclic amines) is 1. The minimum atomic E-state index is -1.15. The number of aromatic carboxylic acids is 1. The summed E-state index contributed by atoms with van der Waals surface area (Å²) in [4.78, 5) is 33.8. The Labute approximate surface area is 143 Å². The van der Waals surface area contributed by atoms with Crippen LogP contribution in [0.2, 0.25) is 0 Å².